The molecule has 0 radical (unpaired) electrons. The second-order valence-corrected chi connectivity index (χ2v) is 7.34. The van der Waals surface area contributed by atoms with Gasteiger partial charge in [-0.3, -0.25) is 9.69 Å². The Morgan fingerprint density at radius 2 is 1.90 bits per heavy atom. The smallest absolute Gasteiger partial charge is 0.223 e. The van der Waals surface area contributed by atoms with E-state index in [1.165, 1.54) is 0 Å². The maximum atomic E-state index is 12.5. The standard InChI is InChI=1S/C16H32N4O/c1-11-7-12(2)15(17)8-14(11)16(21)18-9-13-10-19(3)5-6-20(13)4/h11-15H,5-10,17H2,1-4H3,(H,18,21). The number of hydrogen-bond acceptors (Lipinski definition) is 4. The first-order chi connectivity index (χ1) is 9.88. The molecule has 1 heterocycles. The van der Waals surface area contributed by atoms with Crippen LogP contribution in [0, 0.1) is 17.8 Å². The molecule has 3 N–H and O–H groups in total. The zero-order valence-electron chi connectivity index (χ0n) is 14.0. The highest BCUT2D eigenvalue weighted by molar-refractivity contribution is 5.79. The Morgan fingerprint density at radius 1 is 1.19 bits per heavy atom. The van der Waals surface area contributed by atoms with Gasteiger partial charge in [0, 0.05) is 44.2 Å². The van der Waals surface area contributed by atoms with Gasteiger partial charge in [-0.1, -0.05) is 13.8 Å². The third-order valence-corrected chi connectivity index (χ3v) is 5.52. The zero-order valence-corrected chi connectivity index (χ0v) is 14.0. The molecule has 0 bridgehead atoms. The summed E-state index contributed by atoms with van der Waals surface area (Å²) < 4.78 is 0. The highest BCUT2D eigenvalue weighted by Gasteiger charge is 2.35. The fraction of sp³-hybridized carbons (Fsp3) is 0.938. The van der Waals surface area contributed by atoms with E-state index in [0.717, 1.165) is 39.0 Å². The van der Waals surface area contributed by atoms with E-state index >= 15 is 0 Å². The van der Waals surface area contributed by atoms with Crippen molar-refractivity contribution in [1.29, 1.82) is 0 Å². The number of carbonyl (C=O) groups excluding carboxylic acids is 1. The number of rotatable bonds is 3. The second kappa shape index (κ2) is 7.07. The summed E-state index contributed by atoms with van der Waals surface area (Å²) in [5, 5.41) is 3.18. The summed E-state index contributed by atoms with van der Waals surface area (Å²) in [4.78, 5) is 17.2. The molecule has 1 aliphatic heterocycles. The van der Waals surface area contributed by atoms with Gasteiger partial charge in [-0.25, -0.2) is 0 Å². The minimum atomic E-state index is 0.0860. The zero-order chi connectivity index (χ0) is 15.6. The molecular weight excluding hydrogens is 264 g/mol. The van der Waals surface area contributed by atoms with Crippen LogP contribution >= 0.6 is 0 Å². The number of nitrogens with one attached hydrogen (secondary N) is 1. The summed E-state index contributed by atoms with van der Waals surface area (Å²) in [6.45, 7) is 8.32. The number of nitrogens with zero attached hydrogens (tertiary/aromatic N) is 2. The molecule has 2 fully saturated rings. The largest absolute Gasteiger partial charge is 0.354 e. The van der Waals surface area contributed by atoms with Crippen molar-refractivity contribution in [3.05, 3.63) is 0 Å². The fourth-order valence-corrected chi connectivity index (χ4v) is 3.72. The quantitative estimate of drug-likeness (QED) is 0.789. The second-order valence-electron chi connectivity index (χ2n) is 7.34. The van der Waals surface area contributed by atoms with Crippen molar-refractivity contribution < 1.29 is 4.79 Å². The molecular formula is C16H32N4O. The van der Waals surface area contributed by atoms with Crippen LogP contribution in [0.2, 0.25) is 0 Å². The summed E-state index contributed by atoms with van der Waals surface area (Å²) in [6, 6.07) is 0.583. The van der Waals surface area contributed by atoms with Gasteiger partial charge in [0.25, 0.3) is 0 Å². The van der Waals surface area contributed by atoms with Crippen molar-refractivity contribution in [2.75, 3.05) is 40.3 Å². The summed E-state index contributed by atoms with van der Waals surface area (Å²) in [5.41, 5.74) is 6.15. The van der Waals surface area contributed by atoms with Crippen LogP contribution in [0.3, 0.4) is 0 Å². The molecule has 2 aliphatic rings. The molecule has 122 valence electrons. The first-order valence-corrected chi connectivity index (χ1v) is 8.30. The maximum Gasteiger partial charge on any atom is 0.223 e. The molecule has 5 atom stereocenters. The van der Waals surface area contributed by atoms with Crippen LogP contribution in [0.15, 0.2) is 0 Å². The SMILES string of the molecule is CC1CC(C)C(C(=O)NCC2CN(C)CCN2C)CC1N. The Kier molecular flexibility index (Phi) is 5.63. The van der Waals surface area contributed by atoms with Crippen LogP contribution in [-0.2, 0) is 4.79 Å². The van der Waals surface area contributed by atoms with Crippen molar-refractivity contribution in [1.82, 2.24) is 15.1 Å². The number of carbonyl (C=O) groups is 1. The van der Waals surface area contributed by atoms with E-state index in [4.69, 9.17) is 5.73 Å². The lowest BCUT2D eigenvalue weighted by molar-refractivity contribution is -0.128. The van der Waals surface area contributed by atoms with Crippen molar-refractivity contribution in [3.63, 3.8) is 0 Å². The monoisotopic (exact) mass is 296 g/mol. The number of hydrogen-bond donors (Lipinski definition) is 2. The van der Waals surface area contributed by atoms with Crippen LogP contribution < -0.4 is 11.1 Å². The van der Waals surface area contributed by atoms with Gasteiger partial charge in [0.2, 0.25) is 5.91 Å². The minimum Gasteiger partial charge on any atom is -0.354 e. The Hall–Kier alpha value is -0.650. The predicted molar refractivity (Wildman–Crippen MR) is 86.0 cm³/mol. The number of piperazine rings is 1. The predicted octanol–water partition coefficient (Wildman–Crippen LogP) is 0.358. The summed E-state index contributed by atoms with van der Waals surface area (Å²) in [7, 11) is 4.29. The highest BCUT2D eigenvalue weighted by atomic mass is 16.1. The van der Waals surface area contributed by atoms with E-state index < -0.39 is 0 Å². The molecule has 2 rings (SSSR count). The number of nitrogens with two attached hydrogens (primary N) is 1. The molecule has 5 unspecified atom stereocenters. The van der Waals surface area contributed by atoms with Gasteiger partial charge in [0.15, 0.2) is 0 Å². The lowest BCUT2D eigenvalue weighted by Crippen LogP contribution is -2.55. The molecule has 0 spiro atoms. The third kappa shape index (κ3) is 4.18. The van der Waals surface area contributed by atoms with Crippen LogP contribution in [0.5, 0.6) is 0 Å². The van der Waals surface area contributed by atoms with Gasteiger partial charge in [-0.05, 0) is 38.8 Å². The van der Waals surface area contributed by atoms with Gasteiger partial charge < -0.3 is 16.0 Å². The Balaban J connectivity index is 1.83. The van der Waals surface area contributed by atoms with Crippen molar-refractivity contribution in [2.24, 2.45) is 23.5 Å². The summed E-state index contributed by atoms with van der Waals surface area (Å²) in [6.07, 6.45) is 1.89. The number of amides is 1. The maximum absolute atomic E-state index is 12.5. The molecule has 1 amide bonds. The van der Waals surface area contributed by atoms with E-state index in [9.17, 15) is 4.79 Å². The first kappa shape index (κ1) is 16.7. The van der Waals surface area contributed by atoms with Gasteiger partial charge >= 0.3 is 0 Å². The van der Waals surface area contributed by atoms with E-state index in [1.807, 2.05) is 0 Å². The normalized spacial score (nSPS) is 39.2. The van der Waals surface area contributed by atoms with Gasteiger partial charge in [-0.15, -0.1) is 0 Å². The molecule has 0 aromatic rings. The summed E-state index contributed by atoms with van der Waals surface area (Å²) >= 11 is 0. The molecule has 5 heteroatoms. The molecule has 0 aromatic carbocycles. The van der Waals surface area contributed by atoms with Gasteiger partial charge in [0.05, 0.1) is 0 Å². The highest BCUT2D eigenvalue weighted by Crippen LogP contribution is 2.32. The van der Waals surface area contributed by atoms with E-state index in [-0.39, 0.29) is 17.9 Å². The topological polar surface area (TPSA) is 61.6 Å². The van der Waals surface area contributed by atoms with Crippen LogP contribution in [-0.4, -0.2) is 68.1 Å². The molecule has 1 saturated heterocycles. The Morgan fingerprint density at radius 3 is 2.62 bits per heavy atom. The molecule has 0 aromatic heterocycles. The third-order valence-electron chi connectivity index (χ3n) is 5.52. The Labute approximate surface area is 129 Å². The van der Waals surface area contributed by atoms with Crippen LogP contribution in [0.4, 0.5) is 0 Å². The van der Waals surface area contributed by atoms with Crippen LogP contribution in [0.1, 0.15) is 26.7 Å². The average Bonchev–Trinajstić information content (AvgIpc) is 2.43. The first-order valence-electron chi connectivity index (χ1n) is 8.30. The lowest BCUT2D eigenvalue weighted by Gasteiger charge is -2.39. The fourth-order valence-electron chi connectivity index (χ4n) is 3.72. The van der Waals surface area contributed by atoms with Gasteiger partial charge in [0.1, 0.15) is 0 Å². The van der Waals surface area contributed by atoms with Gasteiger partial charge in [-0.2, -0.15) is 0 Å². The molecule has 5 nitrogen and oxygen atoms in total. The van der Waals surface area contributed by atoms with E-state index in [2.05, 4.69) is 43.1 Å². The van der Waals surface area contributed by atoms with E-state index in [1.54, 1.807) is 0 Å². The minimum absolute atomic E-state index is 0.0860. The van der Waals surface area contributed by atoms with Crippen molar-refractivity contribution >= 4 is 5.91 Å². The van der Waals surface area contributed by atoms with Crippen molar-refractivity contribution in [3.8, 4) is 0 Å². The molecule has 21 heavy (non-hydrogen) atoms. The van der Waals surface area contributed by atoms with E-state index in [0.29, 0.717) is 17.9 Å². The van der Waals surface area contributed by atoms with Crippen molar-refractivity contribution in [2.45, 2.75) is 38.8 Å². The molecule has 1 aliphatic carbocycles. The van der Waals surface area contributed by atoms with Crippen LogP contribution in [0.25, 0.3) is 0 Å². The molecule has 1 saturated carbocycles. The summed E-state index contributed by atoms with van der Waals surface area (Å²) in [5.74, 6) is 1.25. The average molecular weight is 296 g/mol. The number of likely N-dealkylation sites (N-methyl/N-ethyl adjacent to an activating group) is 2. The Bertz CT molecular complexity index is 362. The lowest BCUT2D eigenvalue weighted by atomic mass is 9.72.